The Morgan fingerprint density at radius 2 is 2.18 bits per heavy atom. The van der Waals surface area contributed by atoms with Crippen molar-refractivity contribution < 1.29 is 14.3 Å². The fraction of sp³-hybridized carbons (Fsp3) is 0.438. The first kappa shape index (κ1) is 16.4. The Hall–Kier alpha value is -1.95. The van der Waals surface area contributed by atoms with Gasteiger partial charge in [0.25, 0.3) is 5.91 Å². The van der Waals surface area contributed by atoms with Crippen LogP contribution >= 0.6 is 11.3 Å². The molecule has 0 radical (unpaired) electrons. The first-order valence-corrected chi connectivity index (χ1v) is 8.08. The van der Waals surface area contributed by atoms with Crippen molar-refractivity contribution in [1.29, 1.82) is 0 Å². The lowest BCUT2D eigenvalue weighted by Crippen LogP contribution is -2.26. The highest BCUT2D eigenvalue weighted by molar-refractivity contribution is 7.20. The second-order valence-electron chi connectivity index (χ2n) is 5.54. The van der Waals surface area contributed by atoms with E-state index in [0.717, 1.165) is 15.8 Å². The molecule has 1 amide bonds. The summed E-state index contributed by atoms with van der Waals surface area (Å²) in [7, 11) is 0. The Kier molecular flexibility index (Phi) is 5.49. The molecule has 0 fully saturated rings. The van der Waals surface area contributed by atoms with Crippen molar-refractivity contribution >= 4 is 33.4 Å². The minimum absolute atomic E-state index is 0.181. The van der Waals surface area contributed by atoms with Crippen LogP contribution in [0.5, 0.6) is 0 Å². The van der Waals surface area contributed by atoms with Gasteiger partial charge in [-0.2, -0.15) is 0 Å². The molecule has 0 atom stereocenters. The SMILES string of the molecule is Cc1ccnc2cc(C(=O)NCCC(=O)OCC(C)C)sc12. The summed E-state index contributed by atoms with van der Waals surface area (Å²) in [5, 5.41) is 2.74. The number of nitrogens with one attached hydrogen (secondary N) is 1. The highest BCUT2D eigenvalue weighted by Gasteiger charge is 2.12. The highest BCUT2D eigenvalue weighted by atomic mass is 32.1. The van der Waals surface area contributed by atoms with E-state index in [-0.39, 0.29) is 24.8 Å². The molecule has 0 unspecified atom stereocenters. The molecular formula is C16H20N2O3S. The smallest absolute Gasteiger partial charge is 0.307 e. The number of esters is 1. The number of rotatable bonds is 6. The number of nitrogens with zero attached hydrogens (tertiary/aromatic N) is 1. The molecule has 6 heteroatoms. The fourth-order valence-electron chi connectivity index (χ4n) is 1.87. The zero-order chi connectivity index (χ0) is 16.1. The third kappa shape index (κ3) is 4.27. The maximum absolute atomic E-state index is 12.1. The molecule has 0 aliphatic heterocycles. The van der Waals surface area contributed by atoms with Crippen molar-refractivity contribution in [1.82, 2.24) is 10.3 Å². The monoisotopic (exact) mass is 320 g/mol. The molecule has 2 aromatic heterocycles. The normalized spacial score (nSPS) is 10.9. The van der Waals surface area contributed by atoms with Gasteiger partial charge in [-0.3, -0.25) is 14.6 Å². The van der Waals surface area contributed by atoms with Crippen molar-refractivity contribution in [3.63, 3.8) is 0 Å². The molecule has 2 rings (SSSR count). The van der Waals surface area contributed by atoms with Crippen molar-refractivity contribution in [2.45, 2.75) is 27.2 Å². The Morgan fingerprint density at radius 3 is 2.86 bits per heavy atom. The van der Waals surface area contributed by atoms with Gasteiger partial charge >= 0.3 is 5.97 Å². The van der Waals surface area contributed by atoms with Crippen LogP contribution < -0.4 is 5.32 Å². The maximum atomic E-state index is 12.1. The minimum atomic E-state index is -0.289. The van der Waals surface area contributed by atoms with Gasteiger partial charge in [-0.05, 0) is 30.5 Å². The second-order valence-corrected chi connectivity index (χ2v) is 6.59. The largest absolute Gasteiger partial charge is 0.465 e. The topological polar surface area (TPSA) is 68.3 Å². The summed E-state index contributed by atoms with van der Waals surface area (Å²) in [4.78, 5) is 28.4. The number of hydrogen-bond acceptors (Lipinski definition) is 5. The van der Waals surface area contributed by atoms with Crippen LogP contribution in [0.1, 0.15) is 35.5 Å². The first-order valence-electron chi connectivity index (χ1n) is 7.26. The summed E-state index contributed by atoms with van der Waals surface area (Å²) in [5.41, 5.74) is 1.93. The van der Waals surface area contributed by atoms with Crippen LogP contribution in [0.3, 0.4) is 0 Å². The molecule has 0 saturated heterocycles. The average molecular weight is 320 g/mol. The molecule has 0 aliphatic rings. The molecule has 2 heterocycles. The Bertz CT molecular complexity index is 679. The number of thiophene rings is 1. The number of hydrogen-bond donors (Lipinski definition) is 1. The summed E-state index contributed by atoms with van der Waals surface area (Å²) in [6.07, 6.45) is 1.91. The highest BCUT2D eigenvalue weighted by Crippen LogP contribution is 2.26. The van der Waals surface area contributed by atoms with Crippen LogP contribution in [0.25, 0.3) is 10.2 Å². The number of amides is 1. The number of ether oxygens (including phenoxy) is 1. The van der Waals surface area contributed by atoms with Gasteiger partial charge in [0.1, 0.15) is 0 Å². The van der Waals surface area contributed by atoms with Gasteiger partial charge < -0.3 is 10.1 Å². The number of fused-ring (bicyclic) bond motifs is 1. The third-order valence-electron chi connectivity index (χ3n) is 3.02. The molecule has 0 aliphatic carbocycles. The molecule has 5 nitrogen and oxygen atoms in total. The fourth-order valence-corrected chi connectivity index (χ4v) is 2.87. The first-order chi connectivity index (χ1) is 10.5. The van der Waals surface area contributed by atoms with Crippen molar-refractivity contribution in [3.05, 3.63) is 28.8 Å². The van der Waals surface area contributed by atoms with Gasteiger partial charge in [0.15, 0.2) is 0 Å². The van der Waals surface area contributed by atoms with Gasteiger partial charge in [-0.25, -0.2) is 0 Å². The van der Waals surface area contributed by atoms with E-state index < -0.39 is 0 Å². The number of aryl methyl sites for hydroxylation is 1. The lowest BCUT2D eigenvalue weighted by molar-refractivity contribution is -0.144. The van der Waals surface area contributed by atoms with Gasteiger partial charge in [-0.1, -0.05) is 13.8 Å². The van der Waals surface area contributed by atoms with Gasteiger partial charge in [-0.15, -0.1) is 11.3 Å². The molecule has 0 bridgehead atoms. The van der Waals surface area contributed by atoms with Crippen LogP contribution in [-0.4, -0.2) is 30.0 Å². The molecular weight excluding hydrogens is 300 g/mol. The molecule has 22 heavy (non-hydrogen) atoms. The number of aromatic nitrogens is 1. The van der Waals surface area contributed by atoms with Crippen LogP contribution in [-0.2, 0) is 9.53 Å². The van der Waals surface area contributed by atoms with Crippen molar-refractivity contribution in [3.8, 4) is 0 Å². The van der Waals surface area contributed by atoms with Gasteiger partial charge in [0, 0.05) is 12.7 Å². The Morgan fingerprint density at radius 1 is 1.41 bits per heavy atom. The van der Waals surface area contributed by atoms with Crippen LogP contribution in [0.2, 0.25) is 0 Å². The zero-order valence-electron chi connectivity index (χ0n) is 13.0. The Balaban J connectivity index is 1.86. The van der Waals surface area contributed by atoms with Crippen molar-refractivity contribution in [2.24, 2.45) is 5.92 Å². The summed E-state index contributed by atoms with van der Waals surface area (Å²) in [6.45, 7) is 6.64. The van der Waals surface area contributed by atoms with E-state index in [2.05, 4.69) is 10.3 Å². The summed E-state index contributed by atoms with van der Waals surface area (Å²) >= 11 is 1.41. The lowest BCUT2D eigenvalue weighted by Gasteiger charge is -2.07. The summed E-state index contributed by atoms with van der Waals surface area (Å²) < 4.78 is 6.07. The van der Waals surface area contributed by atoms with Crippen LogP contribution in [0.4, 0.5) is 0 Å². The average Bonchev–Trinajstić information content (AvgIpc) is 2.90. The predicted octanol–water partition coefficient (Wildman–Crippen LogP) is 2.92. The van der Waals surface area contributed by atoms with E-state index in [1.54, 1.807) is 12.3 Å². The van der Waals surface area contributed by atoms with E-state index >= 15 is 0 Å². The quantitative estimate of drug-likeness (QED) is 0.831. The number of carbonyl (C=O) groups excluding carboxylic acids is 2. The van der Waals surface area contributed by atoms with E-state index in [4.69, 9.17) is 4.74 Å². The minimum Gasteiger partial charge on any atom is -0.465 e. The summed E-state index contributed by atoms with van der Waals surface area (Å²) in [6, 6.07) is 3.70. The lowest BCUT2D eigenvalue weighted by atomic mass is 10.2. The van der Waals surface area contributed by atoms with Crippen molar-refractivity contribution in [2.75, 3.05) is 13.2 Å². The molecule has 0 aromatic carbocycles. The maximum Gasteiger partial charge on any atom is 0.307 e. The Labute approximate surface area is 133 Å². The van der Waals surface area contributed by atoms with E-state index in [1.807, 2.05) is 26.8 Å². The van der Waals surface area contributed by atoms with E-state index in [0.29, 0.717) is 17.4 Å². The summed E-state index contributed by atoms with van der Waals surface area (Å²) in [5.74, 6) is -0.158. The second kappa shape index (κ2) is 7.35. The van der Waals surface area contributed by atoms with Gasteiger partial charge in [0.2, 0.25) is 0 Å². The number of carbonyl (C=O) groups is 2. The zero-order valence-corrected chi connectivity index (χ0v) is 13.8. The molecule has 0 saturated carbocycles. The third-order valence-corrected chi connectivity index (χ3v) is 4.28. The molecule has 0 spiro atoms. The molecule has 2 aromatic rings. The molecule has 118 valence electrons. The van der Waals surface area contributed by atoms with Gasteiger partial charge in [0.05, 0.1) is 28.1 Å². The van der Waals surface area contributed by atoms with E-state index in [9.17, 15) is 9.59 Å². The van der Waals surface area contributed by atoms with Crippen LogP contribution in [0, 0.1) is 12.8 Å². The molecule has 1 N–H and O–H groups in total. The predicted molar refractivity (Wildman–Crippen MR) is 87.1 cm³/mol. The van der Waals surface area contributed by atoms with E-state index in [1.165, 1.54) is 11.3 Å². The standard InChI is InChI=1S/C16H20N2O3S/c1-10(2)9-21-14(19)5-7-18-16(20)13-8-12-15(22-13)11(3)4-6-17-12/h4,6,8,10H,5,7,9H2,1-3H3,(H,18,20). The van der Waals surface area contributed by atoms with Crippen LogP contribution in [0.15, 0.2) is 18.3 Å². The number of pyridine rings is 1.